The van der Waals surface area contributed by atoms with Gasteiger partial charge in [0, 0.05) is 24.8 Å². The van der Waals surface area contributed by atoms with Crippen LogP contribution in [0.3, 0.4) is 0 Å². The number of nitrogens with two attached hydrogens (primary N) is 1. The third kappa shape index (κ3) is 2.11. The number of anilines is 1. The lowest BCUT2D eigenvalue weighted by atomic mass is 9.97. The average Bonchev–Trinajstić information content (AvgIpc) is 2.85. The molecule has 7 heteroatoms. The Bertz CT molecular complexity index is 622. The summed E-state index contributed by atoms with van der Waals surface area (Å²) in [5, 5.41) is 4.19. The van der Waals surface area contributed by atoms with Crippen molar-refractivity contribution in [3.8, 4) is 0 Å². The standard InChI is InChI=1S/C12H16N6O/c1-8-5-10(18-12(16-8)14-7-15-18)17-4-2-3-9(6-17)11(13)19/h5,7,9H,2-4,6H2,1H3,(H2,13,19)/t9-/m0/s1. The first-order chi connectivity index (χ1) is 9.15. The van der Waals surface area contributed by atoms with Gasteiger partial charge in [0.1, 0.15) is 12.1 Å². The van der Waals surface area contributed by atoms with E-state index < -0.39 is 0 Å². The molecule has 0 aliphatic carbocycles. The first kappa shape index (κ1) is 11.9. The lowest BCUT2D eigenvalue weighted by Crippen LogP contribution is -2.42. The van der Waals surface area contributed by atoms with Crippen molar-refractivity contribution in [2.75, 3.05) is 18.0 Å². The molecule has 0 unspecified atom stereocenters. The normalized spacial score (nSPS) is 19.8. The molecule has 2 N–H and O–H groups in total. The van der Waals surface area contributed by atoms with E-state index in [1.807, 2.05) is 13.0 Å². The average molecular weight is 260 g/mol. The van der Waals surface area contributed by atoms with Gasteiger partial charge in [-0.05, 0) is 19.8 Å². The van der Waals surface area contributed by atoms with Crippen LogP contribution < -0.4 is 10.6 Å². The Labute approximate surface area is 110 Å². The van der Waals surface area contributed by atoms with Gasteiger partial charge in [0.15, 0.2) is 0 Å². The Kier molecular flexibility index (Phi) is 2.81. The van der Waals surface area contributed by atoms with E-state index in [0.717, 1.165) is 30.9 Å². The number of aromatic nitrogens is 4. The maximum atomic E-state index is 11.4. The Balaban J connectivity index is 1.99. The molecular formula is C12H16N6O. The van der Waals surface area contributed by atoms with Crippen LogP contribution in [-0.2, 0) is 4.79 Å². The number of carbonyl (C=O) groups is 1. The van der Waals surface area contributed by atoms with Gasteiger partial charge in [0.05, 0.1) is 5.92 Å². The molecule has 1 aliphatic rings. The number of fused-ring (bicyclic) bond motifs is 1. The maximum Gasteiger partial charge on any atom is 0.254 e. The summed E-state index contributed by atoms with van der Waals surface area (Å²) >= 11 is 0. The largest absolute Gasteiger partial charge is 0.369 e. The molecule has 1 atom stereocenters. The van der Waals surface area contributed by atoms with Crippen LogP contribution in [0.25, 0.3) is 5.78 Å². The van der Waals surface area contributed by atoms with Crippen molar-refractivity contribution in [2.45, 2.75) is 19.8 Å². The van der Waals surface area contributed by atoms with Crippen molar-refractivity contribution in [1.29, 1.82) is 0 Å². The van der Waals surface area contributed by atoms with E-state index in [-0.39, 0.29) is 11.8 Å². The third-order valence-electron chi connectivity index (χ3n) is 3.51. The number of carbonyl (C=O) groups excluding carboxylic acids is 1. The highest BCUT2D eigenvalue weighted by Gasteiger charge is 2.25. The zero-order valence-electron chi connectivity index (χ0n) is 10.8. The summed E-state index contributed by atoms with van der Waals surface area (Å²) < 4.78 is 1.70. The van der Waals surface area contributed by atoms with Crippen LogP contribution in [0.5, 0.6) is 0 Å². The molecule has 1 amide bonds. The molecule has 19 heavy (non-hydrogen) atoms. The van der Waals surface area contributed by atoms with Gasteiger partial charge in [0.25, 0.3) is 5.78 Å². The van der Waals surface area contributed by atoms with E-state index in [9.17, 15) is 4.79 Å². The van der Waals surface area contributed by atoms with Gasteiger partial charge in [-0.3, -0.25) is 4.79 Å². The molecule has 3 heterocycles. The first-order valence-corrected chi connectivity index (χ1v) is 6.37. The van der Waals surface area contributed by atoms with Crippen molar-refractivity contribution in [2.24, 2.45) is 11.7 Å². The van der Waals surface area contributed by atoms with Gasteiger partial charge in [-0.1, -0.05) is 0 Å². The smallest absolute Gasteiger partial charge is 0.254 e. The summed E-state index contributed by atoms with van der Waals surface area (Å²) in [6, 6.07) is 1.96. The van der Waals surface area contributed by atoms with Crippen molar-refractivity contribution < 1.29 is 4.79 Å². The van der Waals surface area contributed by atoms with Crippen LogP contribution in [0.4, 0.5) is 5.82 Å². The van der Waals surface area contributed by atoms with Crippen LogP contribution in [0.2, 0.25) is 0 Å². The van der Waals surface area contributed by atoms with E-state index in [0.29, 0.717) is 12.3 Å². The number of hydrogen-bond acceptors (Lipinski definition) is 5. The van der Waals surface area contributed by atoms with Crippen LogP contribution in [0, 0.1) is 12.8 Å². The quantitative estimate of drug-likeness (QED) is 0.829. The van der Waals surface area contributed by atoms with Gasteiger partial charge in [0.2, 0.25) is 5.91 Å². The topological polar surface area (TPSA) is 89.4 Å². The molecular weight excluding hydrogens is 244 g/mol. The summed E-state index contributed by atoms with van der Waals surface area (Å²) in [6.45, 7) is 3.45. The number of primary amides is 1. The summed E-state index contributed by atoms with van der Waals surface area (Å²) in [5.41, 5.74) is 6.30. The van der Waals surface area contributed by atoms with Crippen LogP contribution in [0.1, 0.15) is 18.5 Å². The minimum absolute atomic E-state index is 0.0965. The summed E-state index contributed by atoms with van der Waals surface area (Å²) in [4.78, 5) is 21.9. The second-order valence-electron chi connectivity index (χ2n) is 4.92. The molecule has 100 valence electrons. The molecule has 3 rings (SSSR count). The summed E-state index contributed by atoms with van der Waals surface area (Å²) in [5.74, 6) is 1.17. The van der Waals surface area contributed by atoms with Gasteiger partial charge in [-0.15, -0.1) is 0 Å². The van der Waals surface area contributed by atoms with E-state index in [1.165, 1.54) is 6.33 Å². The van der Waals surface area contributed by atoms with E-state index in [2.05, 4.69) is 20.0 Å². The summed E-state index contributed by atoms with van der Waals surface area (Å²) in [6.07, 6.45) is 3.29. The lowest BCUT2D eigenvalue weighted by molar-refractivity contribution is -0.122. The molecule has 0 aromatic carbocycles. The Hall–Kier alpha value is -2.18. The third-order valence-corrected chi connectivity index (χ3v) is 3.51. The van der Waals surface area contributed by atoms with Gasteiger partial charge in [-0.2, -0.15) is 14.6 Å². The number of nitrogens with zero attached hydrogens (tertiary/aromatic N) is 5. The monoisotopic (exact) mass is 260 g/mol. The zero-order valence-corrected chi connectivity index (χ0v) is 10.8. The predicted octanol–water partition coefficient (Wildman–Crippen LogP) is 0.134. The maximum absolute atomic E-state index is 11.4. The highest BCUT2D eigenvalue weighted by molar-refractivity contribution is 5.77. The number of piperidine rings is 1. The van der Waals surface area contributed by atoms with E-state index in [1.54, 1.807) is 4.52 Å². The molecule has 0 saturated carbocycles. The number of amides is 1. The van der Waals surface area contributed by atoms with Crippen molar-refractivity contribution >= 4 is 17.5 Å². The lowest BCUT2D eigenvalue weighted by Gasteiger charge is -2.32. The van der Waals surface area contributed by atoms with E-state index in [4.69, 9.17) is 5.73 Å². The number of aryl methyl sites for hydroxylation is 1. The SMILES string of the molecule is Cc1cc(N2CCC[C@H](C(N)=O)C2)n2ncnc2n1. The molecule has 1 saturated heterocycles. The molecule has 1 aliphatic heterocycles. The minimum Gasteiger partial charge on any atom is -0.369 e. The summed E-state index contributed by atoms with van der Waals surface area (Å²) in [7, 11) is 0. The second-order valence-corrected chi connectivity index (χ2v) is 4.92. The molecule has 0 radical (unpaired) electrons. The fourth-order valence-electron chi connectivity index (χ4n) is 2.55. The van der Waals surface area contributed by atoms with Crippen LogP contribution >= 0.6 is 0 Å². The van der Waals surface area contributed by atoms with Crippen LogP contribution in [-0.4, -0.2) is 38.6 Å². The Morgan fingerprint density at radius 3 is 3.16 bits per heavy atom. The fourth-order valence-corrected chi connectivity index (χ4v) is 2.55. The molecule has 0 spiro atoms. The van der Waals surface area contributed by atoms with Gasteiger partial charge < -0.3 is 10.6 Å². The molecule has 7 nitrogen and oxygen atoms in total. The first-order valence-electron chi connectivity index (χ1n) is 6.37. The highest BCUT2D eigenvalue weighted by Crippen LogP contribution is 2.23. The van der Waals surface area contributed by atoms with E-state index >= 15 is 0 Å². The fraction of sp³-hybridized carbons (Fsp3) is 0.500. The number of rotatable bonds is 2. The van der Waals surface area contributed by atoms with Crippen LogP contribution in [0.15, 0.2) is 12.4 Å². The van der Waals surface area contributed by atoms with Crippen molar-refractivity contribution in [1.82, 2.24) is 19.6 Å². The molecule has 2 aromatic rings. The Morgan fingerprint density at radius 2 is 2.37 bits per heavy atom. The highest BCUT2D eigenvalue weighted by atomic mass is 16.1. The van der Waals surface area contributed by atoms with Crippen molar-refractivity contribution in [3.63, 3.8) is 0 Å². The second kappa shape index (κ2) is 4.49. The number of hydrogen-bond donors (Lipinski definition) is 1. The Morgan fingerprint density at radius 1 is 1.53 bits per heavy atom. The molecule has 1 fully saturated rings. The predicted molar refractivity (Wildman–Crippen MR) is 69.7 cm³/mol. The molecule has 2 aromatic heterocycles. The van der Waals surface area contributed by atoms with Gasteiger partial charge in [-0.25, -0.2) is 4.98 Å². The molecule has 0 bridgehead atoms. The zero-order chi connectivity index (χ0) is 13.4. The minimum atomic E-state index is -0.231. The van der Waals surface area contributed by atoms with Crippen molar-refractivity contribution in [3.05, 3.63) is 18.1 Å². The van der Waals surface area contributed by atoms with Gasteiger partial charge >= 0.3 is 0 Å².